The molecule has 1 aromatic carbocycles. The number of amides is 1. The quantitative estimate of drug-likeness (QED) is 0.524. The molecular weight excluding hydrogens is 352 g/mol. The number of nitrogens with two attached hydrogens (primary N) is 1. The molecule has 1 aliphatic heterocycles. The Hall–Kier alpha value is -3.69. The first kappa shape index (κ1) is 16.8. The van der Waals surface area contributed by atoms with Crippen LogP contribution in [0.1, 0.15) is 39.3 Å². The number of fused-ring (bicyclic) bond motifs is 5. The summed E-state index contributed by atoms with van der Waals surface area (Å²) >= 11 is 0. The van der Waals surface area contributed by atoms with Gasteiger partial charge in [0.1, 0.15) is 17.8 Å². The third kappa shape index (κ3) is 2.53. The van der Waals surface area contributed by atoms with Crippen LogP contribution in [0.4, 0.5) is 0 Å². The molecule has 0 aliphatic carbocycles. The predicted molar refractivity (Wildman–Crippen MR) is 92.3 cm³/mol. The number of rotatable bonds is 4. The average Bonchev–Trinajstić information content (AvgIpc) is 3.23. The van der Waals surface area contributed by atoms with E-state index >= 15 is 0 Å². The van der Waals surface area contributed by atoms with Crippen LogP contribution in [-0.4, -0.2) is 50.1 Å². The highest BCUT2D eigenvalue weighted by atomic mass is 16.5. The zero-order chi connectivity index (χ0) is 19.1. The van der Waals surface area contributed by atoms with Crippen molar-refractivity contribution in [3.63, 3.8) is 0 Å². The lowest BCUT2D eigenvalue weighted by Crippen LogP contribution is -2.16. The number of hydrogen-bond donors (Lipinski definition) is 1. The minimum Gasteiger partial charge on any atom is -0.497 e. The van der Waals surface area contributed by atoms with Gasteiger partial charge in [0.25, 0.3) is 5.91 Å². The van der Waals surface area contributed by atoms with Crippen LogP contribution in [-0.2, 0) is 11.2 Å². The summed E-state index contributed by atoms with van der Waals surface area (Å²) in [5, 5.41) is 8.13. The van der Waals surface area contributed by atoms with Gasteiger partial charge >= 0.3 is 5.97 Å². The fraction of sp³-hybridized carbons (Fsp3) is 0.235. The van der Waals surface area contributed by atoms with E-state index in [4.69, 9.17) is 15.2 Å². The molecule has 10 heteroatoms. The summed E-state index contributed by atoms with van der Waals surface area (Å²) < 4.78 is 13.7. The molecule has 0 bridgehead atoms. The average molecular weight is 368 g/mol. The molecule has 0 saturated heterocycles. The number of benzene rings is 1. The highest BCUT2D eigenvalue weighted by Gasteiger charge is 2.30. The Morgan fingerprint density at radius 1 is 1.22 bits per heavy atom. The van der Waals surface area contributed by atoms with Crippen LogP contribution in [0.5, 0.6) is 5.75 Å². The second-order valence-electron chi connectivity index (χ2n) is 5.82. The maximum Gasteiger partial charge on any atom is 0.360 e. The lowest BCUT2D eigenvalue weighted by atomic mass is 10.1. The van der Waals surface area contributed by atoms with Gasteiger partial charge in [0.05, 0.1) is 36.5 Å². The molecule has 3 heterocycles. The Morgan fingerprint density at radius 3 is 2.74 bits per heavy atom. The summed E-state index contributed by atoms with van der Waals surface area (Å²) in [6.07, 6.45) is 1.70. The van der Waals surface area contributed by atoms with Crippen molar-refractivity contribution in [3.8, 4) is 17.1 Å². The lowest BCUT2D eigenvalue weighted by molar-refractivity contribution is 0.0518. The molecule has 138 valence electrons. The van der Waals surface area contributed by atoms with Gasteiger partial charge in [-0.25, -0.2) is 14.5 Å². The van der Waals surface area contributed by atoms with Gasteiger partial charge in [-0.2, -0.15) is 0 Å². The van der Waals surface area contributed by atoms with Crippen molar-refractivity contribution in [2.24, 2.45) is 5.73 Å². The van der Waals surface area contributed by atoms with E-state index in [2.05, 4.69) is 15.3 Å². The third-order valence-electron chi connectivity index (χ3n) is 4.34. The molecule has 1 amide bonds. The van der Waals surface area contributed by atoms with E-state index in [1.807, 2.05) is 6.07 Å². The van der Waals surface area contributed by atoms with Gasteiger partial charge in [0.2, 0.25) is 0 Å². The molecule has 2 N–H and O–H groups in total. The van der Waals surface area contributed by atoms with Gasteiger partial charge < -0.3 is 15.2 Å². The number of ether oxygens (including phenoxy) is 2. The van der Waals surface area contributed by atoms with Gasteiger partial charge in [0.15, 0.2) is 5.69 Å². The van der Waals surface area contributed by atoms with Crippen molar-refractivity contribution in [1.29, 1.82) is 0 Å². The number of nitrogens with zero attached hydrogens (tertiary/aromatic N) is 5. The van der Waals surface area contributed by atoms with E-state index in [-0.39, 0.29) is 24.4 Å². The number of imidazole rings is 1. The van der Waals surface area contributed by atoms with Crippen LogP contribution in [0.15, 0.2) is 24.5 Å². The van der Waals surface area contributed by atoms with E-state index in [1.165, 1.54) is 6.33 Å². The first-order valence-electron chi connectivity index (χ1n) is 8.21. The Labute approximate surface area is 153 Å². The van der Waals surface area contributed by atoms with E-state index in [1.54, 1.807) is 35.4 Å². The van der Waals surface area contributed by atoms with Crippen LogP contribution in [0.25, 0.3) is 11.4 Å². The zero-order valence-electron chi connectivity index (χ0n) is 14.7. The summed E-state index contributed by atoms with van der Waals surface area (Å²) in [4.78, 5) is 28.3. The predicted octanol–water partition coefficient (Wildman–Crippen LogP) is 0.641. The van der Waals surface area contributed by atoms with Crippen molar-refractivity contribution in [3.05, 3.63) is 47.3 Å². The molecule has 0 radical (unpaired) electrons. The molecule has 3 aromatic rings. The van der Waals surface area contributed by atoms with Crippen LogP contribution in [0, 0.1) is 0 Å². The van der Waals surface area contributed by atoms with E-state index in [0.717, 1.165) is 0 Å². The molecule has 0 unspecified atom stereocenters. The maximum absolute atomic E-state index is 12.3. The number of aromatic nitrogens is 5. The second-order valence-corrected chi connectivity index (χ2v) is 5.82. The largest absolute Gasteiger partial charge is 0.497 e. The van der Waals surface area contributed by atoms with Gasteiger partial charge in [-0.05, 0) is 19.1 Å². The van der Waals surface area contributed by atoms with Gasteiger partial charge in [-0.15, -0.1) is 5.10 Å². The monoisotopic (exact) mass is 368 g/mol. The fourth-order valence-corrected chi connectivity index (χ4v) is 3.13. The molecule has 1 aliphatic rings. The minimum absolute atomic E-state index is 0.0793. The Kier molecular flexibility index (Phi) is 3.87. The van der Waals surface area contributed by atoms with Crippen LogP contribution in [0.3, 0.4) is 0 Å². The zero-order valence-corrected chi connectivity index (χ0v) is 14.7. The normalized spacial score (nSPS) is 11.8. The minimum atomic E-state index is -0.655. The van der Waals surface area contributed by atoms with Gasteiger partial charge in [-0.1, -0.05) is 5.21 Å². The first-order chi connectivity index (χ1) is 13.0. The highest BCUT2D eigenvalue weighted by Crippen LogP contribution is 2.32. The number of carbonyl (C=O) groups is 2. The number of hydrogen-bond acceptors (Lipinski definition) is 7. The first-order valence-corrected chi connectivity index (χ1v) is 8.21. The van der Waals surface area contributed by atoms with Crippen molar-refractivity contribution >= 4 is 11.9 Å². The molecule has 0 atom stereocenters. The molecule has 0 spiro atoms. The van der Waals surface area contributed by atoms with Crippen molar-refractivity contribution in [1.82, 2.24) is 24.5 Å². The number of primary amides is 1. The van der Waals surface area contributed by atoms with Crippen LogP contribution >= 0.6 is 0 Å². The third-order valence-corrected chi connectivity index (χ3v) is 4.34. The van der Waals surface area contributed by atoms with E-state index in [0.29, 0.717) is 28.5 Å². The fourth-order valence-electron chi connectivity index (χ4n) is 3.13. The van der Waals surface area contributed by atoms with E-state index < -0.39 is 11.9 Å². The summed E-state index contributed by atoms with van der Waals surface area (Å²) in [5.41, 5.74) is 8.02. The molecule has 2 aromatic heterocycles. The van der Waals surface area contributed by atoms with Gasteiger partial charge in [0, 0.05) is 12.5 Å². The topological polar surface area (TPSA) is 127 Å². The van der Waals surface area contributed by atoms with E-state index in [9.17, 15) is 9.59 Å². The molecule has 27 heavy (non-hydrogen) atoms. The SMILES string of the molecule is CCOC(=O)c1nnn2c1Cc1c(C(N)=O)ncn1-c1ccc(OC)cc1-2. The molecule has 0 saturated carbocycles. The number of carbonyl (C=O) groups excluding carboxylic acids is 2. The Balaban J connectivity index is 2.01. The number of methoxy groups -OCH3 is 1. The molecule has 4 rings (SSSR count). The van der Waals surface area contributed by atoms with Crippen molar-refractivity contribution < 1.29 is 19.1 Å². The summed E-state index contributed by atoms with van der Waals surface area (Å²) in [6.45, 7) is 1.92. The Bertz CT molecular complexity index is 1070. The smallest absolute Gasteiger partial charge is 0.360 e. The summed E-state index contributed by atoms with van der Waals surface area (Å²) in [7, 11) is 1.55. The van der Waals surface area contributed by atoms with Crippen molar-refractivity contribution in [2.45, 2.75) is 13.3 Å². The molecular formula is C17H16N6O4. The van der Waals surface area contributed by atoms with Crippen LogP contribution < -0.4 is 10.5 Å². The van der Waals surface area contributed by atoms with Crippen LogP contribution in [0.2, 0.25) is 0 Å². The Morgan fingerprint density at radius 2 is 2.04 bits per heavy atom. The lowest BCUT2D eigenvalue weighted by Gasteiger charge is -2.11. The molecule has 0 fully saturated rings. The van der Waals surface area contributed by atoms with Crippen molar-refractivity contribution in [2.75, 3.05) is 13.7 Å². The molecule has 10 nitrogen and oxygen atoms in total. The summed E-state index contributed by atoms with van der Waals surface area (Å²) in [5.74, 6) is -0.638. The summed E-state index contributed by atoms with van der Waals surface area (Å²) in [6, 6.07) is 5.35. The number of esters is 1. The standard InChI is InChI=1S/C17H16N6O4/c1-3-27-17(25)15-13-7-12-14(16(18)24)19-8-22(12)10-5-4-9(26-2)6-11(10)23(13)21-20-15/h4-6,8H,3,7H2,1-2H3,(H2,18,24). The van der Waals surface area contributed by atoms with Gasteiger partial charge in [-0.3, -0.25) is 9.36 Å². The highest BCUT2D eigenvalue weighted by molar-refractivity contribution is 5.93. The maximum atomic E-state index is 12.3. The second kappa shape index (κ2) is 6.24.